The number of rotatable bonds is 1. The van der Waals surface area contributed by atoms with Crippen LogP contribution in [-0.4, -0.2) is 16.1 Å². The lowest BCUT2D eigenvalue weighted by atomic mass is 10.3. The van der Waals surface area contributed by atoms with Gasteiger partial charge in [0.15, 0.2) is 0 Å². The summed E-state index contributed by atoms with van der Waals surface area (Å²) in [6.45, 7) is 0. The highest BCUT2D eigenvalue weighted by molar-refractivity contribution is 8.14. The molecule has 0 aromatic carbocycles. The molecule has 0 saturated carbocycles. The predicted octanol–water partition coefficient (Wildman–Crippen LogP) is 1.80. The third-order valence-electron chi connectivity index (χ3n) is 1.66. The van der Waals surface area contributed by atoms with Gasteiger partial charge in [-0.1, -0.05) is 16.9 Å². The van der Waals surface area contributed by atoms with Crippen LogP contribution in [0.2, 0.25) is 0 Å². The normalized spacial score (nSPS) is 19.6. The lowest BCUT2D eigenvalue weighted by Crippen LogP contribution is -2.01. The van der Waals surface area contributed by atoms with E-state index < -0.39 is 6.10 Å². The molecule has 0 N–H and O–H groups in total. The molecule has 1 aromatic rings. The Bertz CT molecular complexity index is 385. The number of hydrogen-bond donors (Lipinski definition) is 0. The van der Waals surface area contributed by atoms with Crippen LogP contribution in [0.15, 0.2) is 34.6 Å². The fourth-order valence-electron chi connectivity index (χ4n) is 1.03. The number of nitriles is 1. The second-order valence-corrected chi connectivity index (χ2v) is 3.85. The van der Waals surface area contributed by atoms with E-state index in [0.29, 0.717) is 6.42 Å². The Labute approximate surface area is 85.6 Å². The number of thioether (sulfide) groups is 1. The van der Waals surface area contributed by atoms with Crippen LogP contribution in [0, 0.1) is 11.3 Å². The molecule has 2 heterocycles. The van der Waals surface area contributed by atoms with Crippen molar-refractivity contribution < 1.29 is 4.84 Å². The average molecular weight is 205 g/mol. The van der Waals surface area contributed by atoms with E-state index in [-0.39, 0.29) is 0 Å². The van der Waals surface area contributed by atoms with Gasteiger partial charge in [0.25, 0.3) is 0 Å². The van der Waals surface area contributed by atoms with Crippen LogP contribution in [-0.2, 0) is 4.84 Å². The lowest BCUT2D eigenvalue weighted by Gasteiger charge is -1.96. The molecule has 1 aromatic heterocycles. The highest BCUT2D eigenvalue weighted by Crippen LogP contribution is 2.25. The van der Waals surface area contributed by atoms with Gasteiger partial charge in [-0.2, -0.15) is 5.26 Å². The summed E-state index contributed by atoms with van der Waals surface area (Å²) in [5.74, 6) is 0. The summed E-state index contributed by atoms with van der Waals surface area (Å²) < 4.78 is 0. The van der Waals surface area contributed by atoms with E-state index in [9.17, 15) is 0 Å². The van der Waals surface area contributed by atoms with Crippen LogP contribution in [0.1, 0.15) is 6.42 Å². The van der Waals surface area contributed by atoms with Crippen molar-refractivity contribution in [2.24, 2.45) is 5.16 Å². The van der Waals surface area contributed by atoms with Crippen LogP contribution >= 0.6 is 11.8 Å². The fourth-order valence-corrected chi connectivity index (χ4v) is 1.88. The summed E-state index contributed by atoms with van der Waals surface area (Å²) in [6.07, 6.45) is 3.62. The summed E-state index contributed by atoms with van der Waals surface area (Å²) in [5, 5.41) is 13.2. The monoisotopic (exact) mass is 205 g/mol. The van der Waals surface area contributed by atoms with E-state index in [1.54, 1.807) is 12.4 Å². The Morgan fingerprint density at radius 1 is 1.64 bits per heavy atom. The Balaban J connectivity index is 1.98. The number of oxime groups is 1. The number of nitrogens with zero attached hydrogens (tertiary/aromatic N) is 3. The first-order valence-electron chi connectivity index (χ1n) is 4.08. The first-order chi connectivity index (χ1) is 6.88. The second kappa shape index (κ2) is 4.11. The van der Waals surface area contributed by atoms with Gasteiger partial charge < -0.3 is 4.84 Å². The van der Waals surface area contributed by atoms with E-state index in [1.165, 1.54) is 11.8 Å². The molecule has 0 saturated heterocycles. The fraction of sp³-hybridized carbons (Fsp3) is 0.222. The van der Waals surface area contributed by atoms with Crippen molar-refractivity contribution in [3.63, 3.8) is 0 Å². The van der Waals surface area contributed by atoms with Gasteiger partial charge in [0, 0.05) is 17.3 Å². The highest BCUT2D eigenvalue weighted by Gasteiger charge is 2.20. The molecule has 4 nitrogen and oxygen atoms in total. The van der Waals surface area contributed by atoms with Crippen LogP contribution in [0.4, 0.5) is 0 Å². The molecule has 1 aliphatic rings. The van der Waals surface area contributed by atoms with Crippen molar-refractivity contribution in [2.75, 3.05) is 0 Å². The van der Waals surface area contributed by atoms with Gasteiger partial charge in [0.2, 0.25) is 6.10 Å². The van der Waals surface area contributed by atoms with E-state index in [4.69, 9.17) is 10.1 Å². The SMILES string of the molecule is N#CC1CC(Sc2cccnc2)=NO1. The summed E-state index contributed by atoms with van der Waals surface area (Å²) in [4.78, 5) is 9.86. The van der Waals surface area contributed by atoms with E-state index >= 15 is 0 Å². The van der Waals surface area contributed by atoms with Crippen molar-refractivity contribution in [3.8, 4) is 6.07 Å². The molecule has 14 heavy (non-hydrogen) atoms. The lowest BCUT2D eigenvalue weighted by molar-refractivity contribution is 0.125. The Kier molecular flexibility index (Phi) is 2.65. The second-order valence-electron chi connectivity index (χ2n) is 2.70. The standard InChI is InChI=1S/C9H7N3OS/c10-5-7-4-9(12-13-7)14-8-2-1-3-11-6-8/h1-3,6-7H,4H2. The third kappa shape index (κ3) is 2.03. The molecule has 0 aliphatic carbocycles. The summed E-state index contributed by atoms with van der Waals surface area (Å²) in [6, 6.07) is 5.82. The van der Waals surface area contributed by atoms with E-state index in [1.807, 2.05) is 18.2 Å². The quantitative estimate of drug-likeness (QED) is 0.701. The maximum Gasteiger partial charge on any atom is 0.218 e. The van der Waals surface area contributed by atoms with Gasteiger partial charge in [-0.05, 0) is 12.1 Å². The van der Waals surface area contributed by atoms with E-state index in [0.717, 1.165) is 9.94 Å². The number of aromatic nitrogens is 1. The zero-order chi connectivity index (χ0) is 9.80. The molecule has 0 bridgehead atoms. The molecule has 0 amide bonds. The molecule has 0 radical (unpaired) electrons. The minimum Gasteiger partial charge on any atom is -0.376 e. The predicted molar refractivity (Wildman–Crippen MR) is 52.6 cm³/mol. The minimum absolute atomic E-state index is 0.422. The van der Waals surface area contributed by atoms with Crippen molar-refractivity contribution in [2.45, 2.75) is 17.4 Å². The largest absolute Gasteiger partial charge is 0.376 e. The van der Waals surface area contributed by atoms with Gasteiger partial charge in [0.1, 0.15) is 11.1 Å². The maximum absolute atomic E-state index is 8.58. The zero-order valence-electron chi connectivity index (χ0n) is 7.25. The highest BCUT2D eigenvalue weighted by atomic mass is 32.2. The topological polar surface area (TPSA) is 58.3 Å². The molecular formula is C9H7N3OS. The molecule has 5 heteroatoms. The summed E-state index contributed by atoms with van der Waals surface area (Å²) in [7, 11) is 0. The van der Waals surface area contributed by atoms with Gasteiger partial charge in [0.05, 0.1) is 6.42 Å². The van der Waals surface area contributed by atoms with Crippen molar-refractivity contribution >= 4 is 16.8 Å². The Hall–Kier alpha value is -1.54. The van der Waals surface area contributed by atoms with Crippen molar-refractivity contribution in [1.82, 2.24) is 4.98 Å². The van der Waals surface area contributed by atoms with E-state index in [2.05, 4.69) is 10.1 Å². The van der Waals surface area contributed by atoms with Gasteiger partial charge in [-0.15, -0.1) is 0 Å². The van der Waals surface area contributed by atoms with Crippen LogP contribution in [0.3, 0.4) is 0 Å². The van der Waals surface area contributed by atoms with Gasteiger partial charge in [-0.25, -0.2) is 0 Å². The summed E-state index contributed by atoms with van der Waals surface area (Å²) in [5.41, 5.74) is 0. The molecule has 1 atom stereocenters. The van der Waals surface area contributed by atoms with Crippen molar-refractivity contribution in [3.05, 3.63) is 24.5 Å². The Morgan fingerprint density at radius 3 is 3.21 bits per heavy atom. The van der Waals surface area contributed by atoms with Crippen LogP contribution < -0.4 is 0 Å². The van der Waals surface area contributed by atoms with Crippen LogP contribution in [0.5, 0.6) is 0 Å². The number of pyridine rings is 1. The zero-order valence-corrected chi connectivity index (χ0v) is 8.07. The third-order valence-corrected chi connectivity index (χ3v) is 2.61. The van der Waals surface area contributed by atoms with Gasteiger partial charge >= 0.3 is 0 Å². The first kappa shape index (κ1) is 9.03. The first-order valence-corrected chi connectivity index (χ1v) is 4.90. The van der Waals surface area contributed by atoms with Gasteiger partial charge in [-0.3, -0.25) is 4.98 Å². The maximum atomic E-state index is 8.58. The summed E-state index contributed by atoms with van der Waals surface area (Å²) >= 11 is 1.48. The molecule has 0 spiro atoms. The minimum atomic E-state index is -0.422. The number of hydrogen-bond acceptors (Lipinski definition) is 5. The molecule has 0 fully saturated rings. The van der Waals surface area contributed by atoms with Crippen molar-refractivity contribution in [1.29, 1.82) is 5.26 Å². The molecule has 2 rings (SSSR count). The average Bonchev–Trinajstić information content (AvgIpc) is 2.67. The Morgan fingerprint density at radius 2 is 2.57 bits per heavy atom. The molecule has 1 unspecified atom stereocenters. The van der Waals surface area contributed by atoms with Crippen LogP contribution in [0.25, 0.3) is 0 Å². The smallest absolute Gasteiger partial charge is 0.218 e. The molecular weight excluding hydrogens is 198 g/mol. The molecule has 1 aliphatic heterocycles. The molecule has 70 valence electrons.